The Hall–Kier alpha value is -2.23. The van der Waals surface area contributed by atoms with E-state index in [4.69, 9.17) is 9.84 Å². The second-order valence-corrected chi connectivity index (χ2v) is 9.15. The molecular weight excluding hydrogens is 532 g/mol. The molecule has 0 saturated carbocycles. The second kappa shape index (κ2) is 8.87. The van der Waals surface area contributed by atoms with E-state index in [1.807, 2.05) is 60.3 Å². The lowest BCUT2D eigenvalue weighted by atomic mass is 10.1. The smallest absolute Gasteiger partial charge is 0.262 e. The molecule has 0 spiro atoms. The van der Waals surface area contributed by atoms with Gasteiger partial charge >= 0.3 is 0 Å². The number of ether oxygens (including phenoxy) is 1. The standard InChI is InChI=1S/C21H18Br2N4O2S/c1-3-24-21-27(26-12(2)15-6-5-14(22)9-16(15)23)18(11-30-21)13-4-7-19-17(8-13)25-20(28)10-29-19/h4-9,11H,3,10H2,1-2H3,(H,25,28). The highest BCUT2D eigenvalue weighted by atomic mass is 79.9. The summed E-state index contributed by atoms with van der Waals surface area (Å²) < 4.78 is 9.28. The van der Waals surface area contributed by atoms with E-state index in [9.17, 15) is 4.79 Å². The molecule has 1 N–H and O–H groups in total. The van der Waals surface area contributed by atoms with Crippen molar-refractivity contribution in [1.82, 2.24) is 4.68 Å². The van der Waals surface area contributed by atoms with Crippen LogP contribution in [-0.4, -0.2) is 29.4 Å². The first-order chi connectivity index (χ1) is 14.5. The van der Waals surface area contributed by atoms with Crippen molar-refractivity contribution >= 4 is 60.5 Å². The van der Waals surface area contributed by atoms with Gasteiger partial charge in [0.25, 0.3) is 5.91 Å². The molecule has 0 saturated heterocycles. The molecule has 1 aliphatic heterocycles. The Morgan fingerprint density at radius 2 is 2.10 bits per heavy atom. The summed E-state index contributed by atoms with van der Waals surface area (Å²) in [7, 11) is 0. The van der Waals surface area contributed by atoms with Gasteiger partial charge in [-0.1, -0.05) is 37.9 Å². The predicted octanol–water partition coefficient (Wildman–Crippen LogP) is 5.27. The van der Waals surface area contributed by atoms with Crippen molar-refractivity contribution in [2.24, 2.45) is 10.1 Å². The van der Waals surface area contributed by atoms with E-state index in [0.717, 1.165) is 36.3 Å². The van der Waals surface area contributed by atoms with Crippen molar-refractivity contribution in [1.29, 1.82) is 0 Å². The van der Waals surface area contributed by atoms with Crippen LogP contribution in [0.3, 0.4) is 0 Å². The van der Waals surface area contributed by atoms with E-state index in [-0.39, 0.29) is 12.5 Å². The number of nitrogens with zero attached hydrogens (tertiary/aromatic N) is 3. The van der Waals surface area contributed by atoms with Crippen molar-refractivity contribution in [2.45, 2.75) is 13.8 Å². The monoisotopic (exact) mass is 548 g/mol. The van der Waals surface area contributed by atoms with Crippen LogP contribution in [-0.2, 0) is 4.79 Å². The molecule has 0 radical (unpaired) electrons. The van der Waals surface area contributed by atoms with Gasteiger partial charge in [0.1, 0.15) is 5.75 Å². The molecule has 0 atom stereocenters. The average molecular weight is 550 g/mol. The lowest BCUT2D eigenvalue weighted by molar-refractivity contribution is -0.118. The highest BCUT2D eigenvalue weighted by Gasteiger charge is 2.18. The molecule has 0 fully saturated rings. The van der Waals surface area contributed by atoms with Gasteiger partial charge in [0.05, 0.1) is 17.1 Å². The third-order valence-electron chi connectivity index (χ3n) is 4.46. The quantitative estimate of drug-likeness (QED) is 0.451. The summed E-state index contributed by atoms with van der Waals surface area (Å²) in [5.74, 6) is 0.505. The van der Waals surface area contributed by atoms with Gasteiger partial charge in [-0.25, -0.2) is 4.68 Å². The van der Waals surface area contributed by atoms with Gasteiger partial charge in [-0.15, -0.1) is 11.3 Å². The fraction of sp³-hybridized carbons (Fsp3) is 0.190. The van der Waals surface area contributed by atoms with Crippen LogP contribution < -0.4 is 14.9 Å². The van der Waals surface area contributed by atoms with Crippen LogP contribution in [0.4, 0.5) is 5.69 Å². The predicted molar refractivity (Wildman–Crippen MR) is 127 cm³/mol. The number of anilines is 1. The largest absolute Gasteiger partial charge is 0.482 e. The van der Waals surface area contributed by atoms with Gasteiger partial charge in [-0.05, 0) is 44.2 Å². The van der Waals surface area contributed by atoms with Crippen molar-refractivity contribution in [3.63, 3.8) is 0 Å². The highest BCUT2D eigenvalue weighted by Crippen LogP contribution is 2.33. The summed E-state index contributed by atoms with van der Waals surface area (Å²) in [4.78, 5) is 17.1. The molecule has 1 amide bonds. The van der Waals surface area contributed by atoms with Crippen molar-refractivity contribution < 1.29 is 9.53 Å². The third-order valence-corrected chi connectivity index (χ3v) is 6.46. The molecule has 3 aromatic rings. The highest BCUT2D eigenvalue weighted by molar-refractivity contribution is 9.11. The van der Waals surface area contributed by atoms with Gasteiger partial charge in [0, 0.05) is 32.0 Å². The molecular formula is C21H18Br2N4O2S. The normalized spacial score (nSPS) is 14.3. The summed E-state index contributed by atoms with van der Waals surface area (Å²) in [6, 6.07) is 11.7. The van der Waals surface area contributed by atoms with Crippen LogP contribution in [0, 0.1) is 0 Å². The molecule has 0 aliphatic carbocycles. The van der Waals surface area contributed by atoms with Crippen LogP contribution in [0.25, 0.3) is 11.3 Å². The van der Waals surface area contributed by atoms with E-state index < -0.39 is 0 Å². The van der Waals surface area contributed by atoms with Gasteiger partial charge in [-0.3, -0.25) is 9.79 Å². The van der Waals surface area contributed by atoms with Crippen LogP contribution in [0.15, 0.2) is 60.8 Å². The summed E-state index contributed by atoms with van der Waals surface area (Å²) in [6.07, 6.45) is 0. The lowest BCUT2D eigenvalue weighted by Crippen LogP contribution is -2.25. The van der Waals surface area contributed by atoms with Gasteiger partial charge in [-0.2, -0.15) is 5.10 Å². The molecule has 2 heterocycles. The van der Waals surface area contributed by atoms with Crippen molar-refractivity contribution in [3.8, 4) is 17.0 Å². The molecule has 4 rings (SSSR count). The Bertz CT molecular complexity index is 1230. The van der Waals surface area contributed by atoms with Crippen LogP contribution in [0.2, 0.25) is 0 Å². The number of hydrogen-bond donors (Lipinski definition) is 1. The number of hydrogen-bond acceptors (Lipinski definition) is 5. The number of carbonyl (C=O) groups is 1. The summed E-state index contributed by atoms with van der Waals surface area (Å²) in [5, 5.41) is 9.77. The number of aromatic nitrogens is 1. The number of thiazole rings is 1. The Kier molecular flexibility index (Phi) is 6.21. The van der Waals surface area contributed by atoms with Crippen LogP contribution in [0.5, 0.6) is 5.75 Å². The zero-order chi connectivity index (χ0) is 21.3. The zero-order valence-electron chi connectivity index (χ0n) is 16.3. The Morgan fingerprint density at radius 3 is 2.87 bits per heavy atom. The maximum absolute atomic E-state index is 11.7. The molecule has 1 aromatic heterocycles. The summed E-state index contributed by atoms with van der Waals surface area (Å²) in [6.45, 7) is 4.66. The minimum absolute atomic E-state index is 0.0376. The fourth-order valence-corrected chi connectivity index (χ4v) is 5.30. The topological polar surface area (TPSA) is 68.0 Å². The first kappa shape index (κ1) is 21.0. The molecule has 154 valence electrons. The molecule has 0 unspecified atom stereocenters. The van der Waals surface area contributed by atoms with E-state index >= 15 is 0 Å². The Balaban J connectivity index is 1.83. The molecule has 2 aromatic carbocycles. The SMILES string of the molecule is CCN=c1scc(-c2ccc3c(c2)NC(=O)CO3)n1N=C(C)c1ccc(Br)cc1Br. The number of fused-ring (bicyclic) bond motifs is 1. The molecule has 9 heteroatoms. The summed E-state index contributed by atoms with van der Waals surface area (Å²) in [5.41, 5.74) is 4.31. The number of halogens is 2. The summed E-state index contributed by atoms with van der Waals surface area (Å²) >= 11 is 8.63. The minimum Gasteiger partial charge on any atom is -0.482 e. The second-order valence-electron chi connectivity index (χ2n) is 6.55. The maximum Gasteiger partial charge on any atom is 0.262 e. The zero-order valence-corrected chi connectivity index (χ0v) is 20.3. The molecule has 6 nitrogen and oxygen atoms in total. The molecule has 1 aliphatic rings. The van der Waals surface area contributed by atoms with Gasteiger partial charge in [0.15, 0.2) is 6.61 Å². The third kappa shape index (κ3) is 4.28. The molecule has 0 bridgehead atoms. The van der Waals surface area contributed by atoms with Crippen LogP contribution >= 0.6 is 43.2 Å². The Morgan fingerprint density at radius 1 is 1.27 bits per heavy atom. The lowest BCUT2D eigenvalue weighted by Gasteiger charge is -2.18. The van der Waals surface area contributed by atoms with E-state index in [1.165, 1.54) is 11.3 Å². The first-order valence-corrected chi connectivity index (χ1v) is 11.7. The first-order valence-electron chi connectivity index (χ1n) is 9.25. The minimum atomic E-state index is -0.159. The van der Waals surface area contributed by atoms with E-state index in [0.29, 0.717) is 18.0 Å². The fourth-order valence-electron chi connectivity index (χ4n) is 3.07. The van der Waals surface area contributed by atoms with E-state index in [1.54, 1.807) is 0 Å². The van der Waals surface area contributed by atoms with Crippen LogP contribution in [0.1, 0.15) is 19.4 Å². The van der Waals surface area contributed by atoms with Gasteiger partial charge in [0.2, 0.25) is 4.80 Å². The van der Waals surface area contributed by atoms with Crippen molar-refractivity contribution in [3.05, 3.63) is 61.1 Å². The number of benzene rings is 2. The number of amides is 1. The number of rotatable bonds is 4. The maximum atomic E-state index is 11.7. The molecule has 30 heavy (non-hydrogen) atoms. The van der Waals surface area contributed by atoms with Crippen molar-refractivity contribution in [2.75, 3.05) is 18.5 Å². The number of nitrogens with one attached hydrogen (secondary N) is 1. The number of carbonyl (C=O) groups excluding carboxylic acids is 1. The average Bonchev–Trinajstić information content (AvgIpc) is 3.09. The Labute approximate surface area is 194 Å². The van der Waals surface area contributed by atoms with E-state index in [2.05, 4.69) is 42.2 Å². The van der Waals surface area contributed by atoms with Gasteiger partial charge < -0.3 is 10.1 Å².